The number of nitrogens with one attached hydrogen (secondary N) is 2. The van der Waals surface area contributed by atoms with Gasteiger partial charge >= 0.3 is 0 Å². The summed E-state index contributed by atoms with van der Waals surface area (Å²) in [6.07, 6.45) is 0. The van der Waals surface area contributed by atoms with Crippen LogP contribution in [0.4, 0.5) is 11.4 Å². The maximum absolute atomic E-state index is 12.7. The molecule has 2 aromatic rings. The molecule has 27 heavy (non-hydrogen) atoms. The zero-order chi connectivity index (χ0) is 20.0. The molecule has 2 rings (SSSR count). The number of hydrogen-bond donors (Lipinski definition) is 2. The minimum Gasteiger partial charge on any atom is -0.496 e. The molecule has 0 aromatic heterocycles. The van der Waals surface area contributed by atoms with E-state index >= 15 is 0 Å². The molecule has 0 fully saturated rings. The molecule has 0 bridgehead atoms. The summed E-state index contributed by atoms with van der Waals surface area (Å²) in [6, 6.07) is 10.1. The highest BCUT2D eigenvalue weighted by Crippen LogP contribution is 2.35. The second kappa shape index (κ2) is 8.93. The number of ether oxygens (including phenoxy) is 3. The van der Waals surface area contributed by atoms with Gasteiger partial charge in [0.2, 0.25) is 5.91 Å². The molecule has 0 radical (unpaired) electrons. The third-order valence-electron chi connectivity index (χ3n) is 3.86. The first kappa shape index (κ1) is 20.1. The van der Waals surface area contributed by atoms with Crippen molar-refractivity contribution in [1.82, 2.24) is 0 Å². The molecule has 0 atom stereocenters. The molecule has 0 aliphatic carbocycles. The summed E-state index contributed by atoms with van der Waals surface area (Å²) in [7, 11) is 4.47. The van der Waals surface area contributed by atoms with Crippen molar-refractivity contribution in [2.45, 2.75) is 13.8 Å². The van der Waals surface area contributed by atoms with Gasteiger partial charge in [-0.1, -0.05) is 19.9 Å². The molecule has 0 spiro atoms. The summed E-state index contributed by atoms with van der Waals surface area (Å²) >= 11 is 0. The van der Waals surface area contributed by atoms with Crippen LogP contribution in [0.3, 0.4) is 0 Å². The lowest BCUT2D eigenvalue weighted by atomic mass is 10.1. The van der Waals surface area contributed by atoms with E-state index in [-0.39, 0.29) is 17.7 Å². The Labute approximate surface area is 158 Å². The van der Waals surface area contributed by atoms with Gasteiger partial charge in [-0.2, -0.15) is 0 Å². The van der Waals surface area contributed by atoms with Crippen LogP contribution >= 0.6 is 0 Å². The minimum absolute atomic E-state index is 0.0972. The summed E-state index contributed by atoms with van der Waals surface area (Å²) < 4.78 is 15.8. The largest absolute Gasteiger partial charge is 0.496 e. The van der Waals surface area contributed by atoms with E-state index in [2.05, 4.69) is 10.6 Å². The molecule has 0 unspecified atom stereocenters. The smallest absolute Gasteiger partial charge is 0.259 e. The number of carbonyl (C=O) groups is 2. The number of rotatable bonds is 7. The van der Waals surface area contributed by atoms with Gasteiger partial charge in [0.05, 0.1) is 26.9 Å². The predicted octanol–water partition coefficient (Wildman–Crippen LogP) is 3.56. The van der Waals surface area contributed by atoms with Gasteiger partial charge in [0, 0.05) is 29.4 Å². The normalized spacial score (nSPS) is 10.3. The lowest BCUT2D eigenvalue weighted by molar-refractivity contribution is -0.118. The fraction of sp³-hybridized carbons (Fsp3) is 0.300. The van der Waals surface area contributed by atoms with E-state index in [0.29, 0.717) is 34.2 Å². The van der Waals surface area contributed by atoms with E-state index in [1.807, 2.05) is 13.8 Å². The Morgan fingerprint density at radius 3 is 1.93 bits per heavy atom. The van der Waals surface area contributed by atoms with Crippen LogP contribution in [-0.4, -0.2) is 33.1 Å². The van der Waals surface area contributed by atoms with Crippen LogP contribution in [0.5, 0.6) is 17.2 Å². The highest BCUT2D eigenvalue weighted by molar-refractivity contribution is 6.07. The van der Waals surface area contributed by atoms with Crippen molar-refractivity contribution >= 4 is 23.2 Å². The standard InChI is InChI=1S/C20H24N2O5/c1-12(2)19(23)21-13-7-6-8-14(9-13)22-20(24)15-10-17(26-4)18(27-5)11-16(15)25-3/h6-12H,1-5H3,(H,21,23)(H,22,24). The van der Waals surface area contributed by atoms with E-state index in [1.54, 1.807) is 36.4 Å². The molecule has 0 heterocycles. The molecule has 0 aliphatic heterocycles. The number of benzene rings is 2. The van der Waals surface area contributed by atoms with Crippen molar-refractivity contribution in [2.75, 3.05) is 32.0 Å². The average Bonchev–Trinajstić information content (AvgIpc) is 2.66. The molecule has 0 aliphatic rings. The van der Waals surface area contributed by atoms with Crippen molar-refractivity contribution in [3.05, 3.63) is 42.0 Å². The number of anilines is 2. The predicted molar refractivity (Wildman–Crippen MR) is 104 cm³/mol. The van der Waals surface area contributed by atoms with E-state index in [4.69, 9.17) is 14.2 Å². The van der Waals surface area contributed by atoms with E-state index in [9.17, 15) is 9.59 Å². The minimum atomic E-state index is -0.375. The number of amides is 2. The summed E-state index contributed by atoms with van der Waals surface area (Å²) in [5.41, 5.74) is 1.44. The van der Waals surface area contributed by atoms with Gasteiger partial charge in [-0.05, 0) is 18.2 Å². The first-order valence-electron chi connectivity index (χ1n) is 8.41. The molecule has 7 heteroatoms. The Kier molecular flexibility index (Phi) is 6.65. The Balaban J connectivity index is 2.26. The van der Waals surface area contributed by atoms with Crippen LogP contribution in [0.2, 0.25) is 0 Å². The quantitative estimate of drug-likeness (QED) is 0.776. The summed E-state index contributed by atoms with van der Waals surface area (Å²) in [6.45, 7) is 3.62. The van der Waals surface area contributed by atoms with Crippen LogP contribution in [0.15, 0.2) is 36.4 Å². The second-order valence-corrected chi connectivity index (χ2v) is 6.09. The third-order valence-corrected chi connectivity index (χ3v) is 3.86. The van der Waals surface area contributed by atoms with Crippen LogP contribution < -0.4 is 24.8 Å². The zero-order valence-electron chi connectivity index (χ0n) is 16.1. The maximum atomic E-state index is 12.7. The summed E-state index contributed by atoms with van der Waals surface area (Å²) in [5.74, 6) is 0.625. The van der Waals surface area contributed by atoms with Crippen LogP contribution in [-0.2, 0) is 4.79 Å². The van der Waals surface area contributed by atoms with Gasteiger partial charge < -0.3 is 24.8 Å². The molecule has 0 saturated carbocycles. The molecule has 2 aromatic carbocycles. The SMILES string of the molecule is COc1cc(OC)c(C(=O)Nc2cccc(NC(=O)C(C)C)c2)cc1OC. The second-order valence-electron chi connectivity index (χ2n) is 6.09. The highest BCUT2D eigenvalue weighted by atomic mass is 16.5. The third kappa shape index (κ3) is 4.91. The van der Waals surface area contributed by atoms with E-state index < -0.39 is 0 Å². The lowest BCUT2D eigenvalue weighted by Crippen LogP contribution is -2.18. The first-order chi connectivity index (χ1) is 12.9. The van der Waals surface area contributed by atoms with E-state index in [0.717, 1.165) is 0 Å². The molecule has 2 amide bonds. The lowest BCUT2D eigenvalue weighted by Gasteiger charge is -2.14. The van der Waals surface area contributed by atoms with Crippen LogP contribution in [0.25, 0.3) is 0 Å². The van der Waals surface area contributed by atoms with Gasteiger partial charge in [-0.15, -0.1) is 0 Å². The van der Waals surface area contributed by atoms with Gasteiger partial charge in [0.15, 0.2) is 11.5 Å². The number of carbonyl (C=O) groups excluding carboxylic acids is 2. The molecular formula is C20H24N2O5. The highest BCUT2D eigenvalue weighted by Gasteiger charge is 2.18. The fourth-order valence-electron chi connectivity index (χ4n) is 2.37. The molecule has 7 nitrogen and oxygen atoms in total. The van der Waals surface area contributed by atoms with Crippen molar-refractivity contribution in [3.63, 3.8) is 0 Å². The van der Waals surface area contributed by atoms with Crippen molar-refractivity contribution in [1.29, 1.82) is 0 Å². The Bertz CT molecular complexity index is 833. The number of methoxy groups -OCH3 is 3. The summed E-state index contributed by atoms with van der Waals surface area (Å²) in [5, 5.41) is 5.60. The maximum Gasteiger partial charge on any atom is 0.259 e. The Hall–Kier alpha value is -3.22. The van der Waals surface area contributed by atoms with Crippen LogP contribution in [0.1, 0.15) is 24.2 Å². The molecule has 144 valence electrons. The Morgan fingerprint density at radius 2 is 1.37 bits per heavy atom. The molecule has 2 N–H and O–H groups in total. The molecule has 0 saturated heterocycles. The fourth-order valence-corrected chi connectivity index (χ4v) is 2.37. The zero-order valence-corrected chi connectivity index (χ0v) is 16.1. The van der Waals surface area contributed by atoms with Gasteiger partial charge in [0.25, 0.3) is 5.91 Å². The van der Waals surface area contributed by atoms with Gasteiger partial charge in [-0.3, -0.25) is 9.59 Å². The Morgan fingerprint density at radius 1 is 0.815 bits per heavy atom. The van der Waals surface area contributed by atoms with Gasteiger partial charge in [0.1, 0.15) is 5.75 Å². The topological polar surface area (TPSA) is 85.9 Å². The number of hydrogen-bond acceptors (Lipinski definition) is 5. The molecular weight excluding hydrogens is 348 g/mol. The van der Waals surface area contributed by atoms with E-state index in [1.165, 1.54) is 21.3 Å². The van der Waals surface area contributed by atoms with Crippen molar-refractivity contribution < 1.29 is 23.8 Å². The van der Waals surface area contributed by atoms with Gasteiger partial charge in [-0.25, -0.2) is 0 Å². The van der Waals surface area contributed by atoms with Crippen molar-refractivity contribution in [2.24, 2.45) is 5.92 Å². The van der Waals surface area contributed by atoms with Crippen LogP contribution in [0, 0.1) is 5.92 Å². The van der Waals surface area contributed by atoms with Crippen molar-refractivity contribution in [3.8, 4) is 17.2 Å². The monoisotopic (exact) mass is 372 g/mol. The average molecular weight is 372 g/mol. The first-order valence-corrected chi connectivity index (χ1v) is 8.41. The summed E-state index contributed by atoms with van der Waals surface area (Å²) in [4.78, 5) is 24.6.